The second kappa shape index (κ2) is 8.76. The summed E-state index contributed by atoms with van der Waals surface area (Å²) in [5.41, 5.74) is 2.49. The van der Waals surface area contributed by atoms with E-state index in [1.807, 2.05) is 0 Å². The number of benzene rings is 2. The molecule has 0 saturated heterocycles. The van der Waals surface area contributed by atoms with Crippen LogP contribution < -0.4 is 14.9 Å². The molecule has 1 aliphatic rings. The SMILES string of the molecule is CC(=O)c1cccc(NC(=O)CCNS(=O)(=O)c2ccc3c(c2)CCN3C(C)=O)c1. The molecular weight excluding hydrogens is 406 g/mol. The first-order valence-corrected chi connectivity index (χ1v) is 11.0. The van der Waals surface area contributed by atoms with Crippen LogP contribution in [0.15, 0.2) is 47.4 Å². The molecule has 1 aliphatic heterocycles. The molecule has 0 saturated carbocycles. The Morgan fingerprint density at radius 1 is 1.07 bits per heavy atom. The van der Waals surface area contributed by atoms with E-state index in [2.05, 4.69) is 10.0 Å². The molecule has 0 atom stereocenters. The Kier molecular flexibility index (Phi) is 6.33. The number of amides is 2. The lowest BCUT2D eigenvalue weighted by molar-refractivity contribution is -0.117. The van der Waals surface area contributed by atoms with E-state index < -0.39 is 10.0 Å². The van der Waals surface area contributed by atoms with E-state index in [1.54, 1.807) is 41.3 Å². The third kappa shape index (κ3) is 4.92. The number of fused-ring (bicyclic) bond motifs is 1. The molecule has 0 unspecified atom stereocenters. The number of carbonyl (C=O) groups is 3. The van der Waals surface area contributed by atoms with Crippen LogP contribution in [-0.4, -0.2) is 39.1 Å². The minimum absolute atomic E-state index is 0.0629. The van der Waals surface area contributed by atoms with Crippen molar-refractivity contribution in [2.24, 2.45) is 0 Å². The van der Waals surface area contributed by atoms with Gasteiger partial charge in [-0.15, -0.1) is 0 Å². The normalized spacial score (nSPS) is 13.1. The van der Waals surface area contributed by atoms with Crippen LogP contribution in [0.4, 0.5) is 11.4 Å². The molecule has 0 fully saturated rings. The van der Waals surface area contributed by atoms with Crippen molar-refractivity contribution in [3.05, 3.63) is 53.6 Å². The van der Waals surface area contributed by atoms with Gasteiger partial charge in [0.2, 0.25) is 21.8 Å². The Morgan fingerprint density at radius 2 is 1.83 bits per heavy atom. The second-order valence-corrected chi connectivity index (χ2v) is 8.81. The summed E-state index contributed by atoms with van der Waals surface area (Å²) >= 11 is 0. The van der Waals surface area contributed by atoms with E-state index in [0.29, 0.717) is 24.2 Å². The topological polar surface area (TPSA) is 113 Å². The van der Waals surface area contributed by atoms with Crippen LogP contribution in [0, 0.1) is 0 Å². The van der Waals surface area contributed by atoms with Crippen LogP contribution in [0.1, 0.15) is 36.2 Å². The molecule has 2 aromatic carbocycles. The molecule has 2 N–H and O–H groups in total. The van der Waals surface area contributed by atoms with E-state index in [-0.39, 0.29) is 35.5 Å². The largest absolute Gasteiger partial charge is 0.326 e. The average Bonchev–Trinajstić information content (AvgIpc) is 3.11. The average molecular weight is 429 g/mol. The van der Waals surface area contributed by atoms with Gasteiger partial charge in [-0.1, -0.05) is 12.1 Å². The Bertz CT molecular complexity index is 1110. The Balaban J connectivity index is 1.58. The summed E-state index contributed by atoms with van der Waals surface area (Å²) in [6.07, 6.45) is 0.534. The quantitative estimate of drug-likeness (QED) is 0.655. The van der Waals surface area contributed by atoms with E-state index in [1.165, 1.54) is 19.9 Å². The van der Waals surface area contributed by atoms with Crippen molar-refractivity contribution in [1.29, 1.82) is 0 Å². The smallest absolute Gasteiger partial charge is 0.240 e. The molecule has 2 amide bonds. The van der Waals surface area contributed by atoms with Crippen LogP contribution in [0.25, 0.3) is 0 Å². The van der Waals surface area contributed by atoms with Gasteiger partial charge in [0.05, 0.1) is 4.90 Å². The molecule has 1 heterocycles. The van der Waals surface area contributed by atoms with Gasteiger partial charge in [0.1, 0.15) is 0 Å². The van der Waals surface area contributed by atoms with Crippen LogP contribution in [0.2, 0.25) is 0 Å². The van der Waals surface area contributed by atoms with Gasteiger partial charge in [0, 0.05) is 43.4 Å². The lowest BCUT2D eigenvalue weighted by atomic mass is 10.1. The number of Topliss-reactive ketones (excluding diaryl/α,β-unsaturated/α-hetero) is 1. The highest BCUT2D eigenvalue weighted by atomic mass is 32.2. The monoisotopic (exact) mass is 429 g/mol. The predicted molar refractivity (Wildman–Crippen MR) is 113 cm³/mol. The Hall–Kier alpha value is -3.04. The lowest BCUT2D eigenvalue weighted by Gasteiger charge is -2.15. The number of hydrogen-bond acceptors (Lipinski definition) is 5. The molecule has 158 valence electrons. The molecule has 0 bridgehead atoms. The van der Waals surface area contributed by atoms with Gasteiger partial charge >= 0.3 is 0 Å². The van der Waals surface area contributed by atoms with Crippen LogP contribution in [0.3, 0.4) is 0 Å². The van der Waals surface area contributed by atoms with Gasteiger partial charge < -0.3 is 10.2 Å². The van der Waals surface area contributed by atoms with Gasteiger partial charge in [-0.3, -0.25) is 14.4 Å². The molecule has 30 heavy (non-hydrogen) atoms. The number of carbonyl (C=O) groups excluding carboxylic acids is 3. The summed E-state index contributed by atoms with van der Waals surface area (Å²) in [7, 11) is -3.78. The Labute approximate surface area is 175 Å². The van der Waals surface area contributed by atoms with Gasteiger partial charge in [-0.05, 0) is 49.2 Å². The number of nitrogens with zero attached hydrogens (tertiary/aromatic N) is 1. The van der Waals surface area contributed by atoms with Gasteiger partial charge in [-0.2, -0.15) is 0 Å². The Morgan fingerprint density at radius 3 is 2.53 bits per heavy atom. The molecule has 0 aliphatic carbocycles. The first kappa shape index (κ1) is 21.7. The molecule has 2 aromatic rings. The summed E-state index contributed by atoms with van der Waals surface area (Å²) < 4.78 is 27.5. The van der Waals surface area contributed by atoms with Crippen molar-refractivity contribution in [2.45, 2.75) is 31.6 Å². The van der Waals surface area contributed by atoms with Crippen LogP contribution in [-0.2, 0) is 26.0 Å². The number of anilines is 2. The van der Waals surface area contributed by atoms with Crippen LogP contribution >= 0.6 is 0 Å². The van der Waals surface area contributed by atoms with E-state index in [9.17, 15) is 22.8 Å². The first-order chi connectivity index (χ1) is 14.2. The van der Waals surface area contributed by atoms with Gasteiger partial charge in [0.25, 0.3) is 0 Å². The third-order valence-electron chi connectivity index (χ3n) is 4.83. The van der Waals surface area contributed by atoms with E-state index >= 15 is 0 Å². The van der Waals surface area contributed by atoms with E-state index in [0.717, 1.165) is 11.3 Å². The lowest BCUT2D eigenvalue weighted by Crippen LogP contribution is -2.28. The molecular formula is C21H23N3O5S. The zero-order valence-corrected chi connectivity index (χ0v) is 17.6. The maximum atomic E-state index is 12.5. The zero-order chi connectivity index (χ0) is 21.9. The summed E-state index contributed by atoms with van der Waals surface area (Å²) in [6.45, 7) is 3.37. The second-order valence-electron chi connectivity index (χ2n) is 7.04. The first-order valence-electron chi connectivity index (χ1n) is 9.49. The van der Waals surface area contributed by atoms with Gasteiger partial charge in [0.15, 0.2) is 5.78 Å². The summed E-state index contributed by atoms with van der Waals surface area (Å²) in [4.78, 5) is 36.8. The molecule has 8 nitrogen and oxygen atoms in total. The maximum absolute atomic E-state index is 12.5. The standard InChI is InChI=1S/C21H23N3O5S/c1-14(25)16-4-3-5-18(12-16)23-21(27)8-10-22-30(28,29)19-6-7-20-17(13-19)9-11-24(20)15(2)26/h3-7,12-13,22H,8-11H2,1-2H3,(H,23,27). The molecule has 0 aromatic heterocycles. The maximum Gasteiger partial charge on any atom is 0.240 e. The number of hydrogen-bond donors (Lipinski definition) is 2. The summed E-state index contributed by atoms with van der Waals surface area (Å²) in [6, 6.07) is 11.2. The minimum atomic E-state index is -3.78. The number of rotatable bonds is 7. The fourth-order valence-electron chi connectivity index (χ4n) is 3.29. The van der Waals surface area contributed by atoms with Crippen molar-refractivity contribution in [2.75, 3.05) is 23.3 Å². The van der Waals surface area contributed by atoms with Crippen molar-refractivity contribution >= 4 is 39.0 Å². The van der Waals surface area contributed by atoms with Gasteiger partial charge in [-0.25, -0.2) is 13.1 Å². The number of nitrogens with one attached hydrogen (secondary N) is 2. The fraction of sp³-hybridized carbons (Fsp3) is 0.286. The highest BCUT2D eigenvalue weighted by Gasteiger charge is 2.24. The van der Waals surface area contributed by atoms with Crippen molar-refractivity contribution in [3.8, 4) is 0 Å². The zero-order valence-electron chi connectivity index (χ0n) is 16.8. The molecule has 3 rings (SSSR count). The molecule has 0 radical (unpaired) electrons. The highest BCUT2D eigenvalue weighted by Crippen LogP contribution is 2.30. The van der Waals surface area contributed by atoms with Crippen LogP contribution in [0.5, 0.6) is 0 Å². The molecule has 9 heteroatoms. The van der Waals surface area contributed by atoms with Crippen molar-refractivity contribution in [1.82, 2.24) is 4.72 Å². The number of ketones is 1. The van der Waals surface area contributed by atoms with Crippen molar-refractivity contribution < 1.29 is 22.8 Å². The minimum Gasteiger partial charge on any atom is -0.326 e. The predicted octanol–water partition coefficient (Wildman–Crippen LogP) is 2.11. The summed E-state index contributed by atoms with van der Waals surface area (Å²) in [5, 5.41) is 2.65. The highest BCUT2D eigenvalue weighted by molar-refractivity contribution is 7.89. The van der Waals surface area contributed by atoms with E-state index in [4.69, 9.17) is 0 Å². The third-order valence-corrected chi connectivity index (χ3v) is 6.29. The molecule has 0 spiro atoms. The van der Waals surface area contributed by atoms with Crippen molar-refractivity contribution in [3.63, 3.8) is 0 Å². The fourth-order valence-corrected chi connectivity index (χ4v) is 4.38. The number of sulfonamides is 1. The summed E-state index contributed by atoms with van der Waals surface area (Å²) in [5.74, 6) is -0.564.